The number of hydrogen-bond donors (Lipinski definition) is 0. The summed E-state index contributed by atoms with van der Waals surface area (Å²) in [6.45, 7) is 0. The van der Waals surface area contributed by atoms with E-state index in [1.54, 1.807) is 0 Å². The summed E-state index contributed by atoms with van der Waals surface area (Å²) in [7, 11) is 0. The maximum Gasteiger partial charge on any atom is 0.416 e. The van der Waals surface area contributed by atoms with Crippen LogP contribution in [0, 0.1) is 29.1 Å². The van der Waals surface area contributed by atoms with Crippen LogP contribution in [0.2, 0.25) is 0 Å². The van der Waals surface area contributed by atoms with E-state index in [0.29, 0.717) is 21.8 Å². The lowest BCUT2D eigenvalue weighted by atomic mass is 10.1. The second-order valence-corrected chi connectivity index (χ2v) is 6.27. The molecule has 3 rings (SSSR count). The number of rotatable bonds is 2. The molecular formula is C17H6F8S. The van der Waals surface area contributed by atoms with E-state index in [4.69, 9.17) is 0 Å². The van der Waals surface area contributed by atoms with Crippen LogP contribution < -0.4 is 0 Å². The summed E-state index contributed by atoms with van der Waals surface area (Å²) in [6.07, 6.45) is -4.52. The Balaban J connectivity index is 2.04. The topological polar surface area (TPSA) is 0 Å². The first-order valence-electron chi connectivity index (χ1n) is 6.90. The van der Waals surface area contributed by atoms with Crippen LogP contribution in [0.25, 0.3) is 20.9 Å². The van der Waals surface area contributed by atoms with E-state index >= 15 is 0 Å². The molecule has 0 aliphatic carbocycles. The fourth-order valence-corrected chi connectivity index (χ4v) is 3.32. The Morgan fingerprint density at radius 2 is 1.04 bits per heavy atom. The molecule has 2 aromatic carbocycles. The first kappa shape index (κ1) is 18.4. The van der Waals surface area contributed by atoms with E-state index in [2.05, 4.69) is 0 Å². The van der Waals surface area contributed by atoms with Crippen LogP contribution in [-0.4, -0.2) is 0 Å². The van der Waals surface area contributed by atoms with Crippen LogP contribution in [0.3, 0.4) is 0 Å². The Labute approximate surface area is 145 Å². The van der Waals surface area contributed by atoms with Crippen molar-refractivity contribution in [2.75, 3.05) is 0 Å². The van der Waals surface area contributed by atoms with Gasteiger partial charge in [0.05, 0.1) is 11.1 Å². The average Bonchev–Trinajstić information content (AvgIpc) is 3.07. The van der Waals surface area contributed by atoms with Gasteiger partial charge in [-0.3, -0.25) is 0 Å². The van der Waals surface area contributed by atoms with E-state index in [0.717, 1.165) is 30.3 Å². The van der Waals surface area contributed by atoms with Gasteiger partial charge in [-0.1, -0.05) is 12.1 Å². The van der Waals surface area contributed by atoms with Crippen LogP contribution in [-0.2, 0) is 6.18 Å². The molecule has 1 heterocycles. The lowest BCUT2D eigenvalue weighted by Crippen LogP contribution is -2.03. The molecule has 3 aromatic rings. The third-order valence-corrected chi connectivity index (χ3v) is 4.71. The summed E-state index contributed by atoms with van der Waals surface area (Å²) >= 11 is 0.687. The van der Waals surface area contributed by atoms with E-state index in [1.807, 2.05) is 0 Å². The van der Waals surface area contributed by atoms with Gasteiger partial charge in [0.2, 0.25) is 5.82 Å². The largest absolute Gasteiger partial charge is 0.416 e. The minimum atomic E-state index is -4.52. The molecule has 0 unspecified atom stereocenters. The first-order valence-corrected chi connectivity index (χ1v) is 7.72. The molecule has 0 saturated heterocycles. The summed E-state index contributed by atoms with van der Waals surface area (Å²) in [5, 5.41) is 0. The second-order valence-electron chi connectivity index (χ2n) is 5.18. The Kier molecular flexibility index (Phi) is 4.51. The van der Waals surface area contributed by atoms with Gasteiger partial charge in [-0.05, 0) is 29.8 Å². The Bertz CT molecular complexity index is 941. The van der Waals surface area contributed by atoms with E-state index in [1.165, 1.54) is 6.07 Å². The quantitative estimate of drug-likeness (QED) is 0.255. The lowest BCUT2D eigenvalue weighted by molar-refractivity contribution is -0.137. The standard InChI is InChI=1S/C17H6F8S/c18-12-11(13(19)15(21)16(22)14(12)20)10-6-5-9(26-10)7-1-3-8(4-2-7)17(23,24)25/h1-6H. The average molecular weight is 394 g/mol. The summed E-state index contributed by atoms with van der Waals surface area (Å²) < 4.78 is 105. The maximum atomic E-state index is 13.8. The van der Waals surface area contributed by atoms with Gasteiger partial charge in [0.25, 0.3) is 0 Å². The van der Waals surface area contributed by atoms with E-state index in [-0.39, 0.29) is 4.88 Å². The molecule has 0 N–H and O–H groups in total. The van der Waals surface area contributed by atoms with Gasteiger partial charge < -0.3 is 0 Å². The highest BCUT2D eigenvalue weighted by atomic mass is 32.1. The summed E-state index contributed by atoms with van der Waals surface area (Å²) in [6, 6.07) is 6.41. The van der Waals surface area contributed by atoms with Gasteiger partial charge in [-0.25, -0.2) is 22.0 Å². The van der Waals surface area contributed by atoms with Crippen LogP contribution in [0.4, 0.5) is 35.1 Å². The maximum absolute atomic E-state index is 13.8. The zero-order valence-corrected chi connectivity index (χ0v) is 13.2. The summed E-state index contributed by atoms with van der Waals surface area (Å²) in [5.41, 5.74) is -1.65. The van der Waals surface area contributed by atoms with Crippen LogP contribution in [0.1, 0.15) is 5.56 Å². The SMILES string of the molecule is Fc1c(F)c(F)c(-c2ccc(-c3ccc(C(F)(F)F)cc3)s2)c(F)c1F. The monoisotopic (exact) mass is 394 g/mol. The molecule has 0 saturated carbocycles. The van der Waals surface area contributed by atoms with E-state index < -0.39 is 46.4 Å². The van der Waals surface area contributed by atoms with Gasteiger partial charge in [-0.2, -0.15) is 13.2 Å². The van der Waals surface area contributed by atoms with Crippen molar-refractivity contribution in [3.05, 3.63) is 71.0 Å². The predicted molar refractivity (Wildman–Crippen MR) is 80.0 cm³/mol. The number of hydrogen-bond acceptors (Lipinski definition) is 1. The van der Waals surface area contributed by atoms with Crippen molar-refractivity contribution in [3.8, 4) is 20.9 Å². The Morgan fingerprint density at radius 3 is 1.54 bits per heavy atom. The van der Waals surface area contributed by atoms with Crippen molar-refractivity contribution >= 4 is 11.3 Å². The van der Waals surface area contributed by atoms with Crippen molar-refractivity contribution in [1.82, 2.24) is 0 Å². The number of thiophene rings is 1. The van der Waals surface area contributed by atoms with Crippen LogP contribution in [0.15, 0.2) is 36.4 Å². The molecule has 0 spiro atoms. The molecule has 0 bridgehead atoms. The molecule has 0 atom stereocenters. The van der Waals surface area contributed by atoms with Gasteiger partial charge in [0.15, 0.2) is 23.3 Å². The van der Waals surface area contributed by atoms with E-state index in [9.17, 15) is 35.1 Å². The van der Waals surface area contributed by atoms with Gasteiger partial charge in [-0.15, -0.1) is 11.3 Å². The molecule has 1 aromatic heterocycles. The second kappa shape index (κ2) is 6.39. The summed E-state index contributed by atoms with van der Waals surface area (Å²) in [5.74, 6) is -10.3. The molecule has 0 fully saturated rings. The number of benzene rings is 2. The van der Waals surface area contributed by atoms with Crippen molar-refractivity contribution in [1.29, 1.82) is 0 Å². The number of halogens is 8. The van der Waals surface area contributed by atoms with Gasteiger partial charge in [0.1, 0.15) is 0 Å². The normalized spacial score (nSPS) is 11.8. The van der Waals surface area contributed by atoms with Crippen molar-refractivity contribution < 1.29 is 35.1 Å². The molecular weight excluding hydrogens is 388 g/mol. The minimum Gasteiger partial charge on any atom is -0.203 e. The zero-order chi connectivity index (χ0) is 19.2. The third kappa shape index (κ3) is 3.07. The molecule has 0 radical (unpaired) electrons. The number of alkyl halides is 3. The molecule has 136 valence electrons. The highest BCUT2D eigenvalue weighted by Crippen LogP contribution is 2.39. The van der Waals surface area contributed by atoms with Gasteiger partial charge in [0, 0.05) is 9.75 Å². The molecule has 0 nitrogen and oxygen atoms in total. The van der Waals surface area contributed by atoms with Crippen molar-refractivity contribution in [2.45, 2.75) is 6.18 Å². The van der Waals surface area contributed by atoms with Crippen molar-refractivity contribution in [3.63, 3.8) is 0 Å². The highest BCUT2D eigenvalue weighted by molar-refractivity contribution is 7.18. The smallest absolute Gasteiger partial charge is 0.203 e. The third-order valence-electron chi connectivity index (χ3n) is 3.56. The van der Waals surface area contributed by atoms with Crippen LogP contribution >= 0.6 is 11.3 Å². The van der Waals surface area contributed by atoms with Gasteiger partial charge >= 0.3 is 6.18 Å². The van der Waals surface area contributed by atoms with Crippen molar-refractivity contribution in [2.24, 2.45) is 0 Å². The molecule has 0 aliphatic rings. The highest BCUT2D eigenvalue weighted by Gasteiger charge is 2.30. The Morgan fingerprint density at radius 1 is 0.577 bits per heavy atom. The molecule has 9 heteroatoms. The van der Waals surface area contributed by atoms with Crippen LogP contribution in [0.5, 0.6) is 0 Å². The molecule has 0 amide bonds. The fraction of sp³-hybridized carbons (Fsp3) is 0.0588. The predicted octanol–water partition coefficient (Wildman–Crippen LogP) is 6.80. The first-order chi connectivity index (χ1) is 12.1. The summed E-state index contributed by atoms with van der Waals surface area (Å²) in [4.78, 5) is 0.0605. The lowest BCUT2D eigenvalue weighted by Gasteiger charge is -2.07. The Hall–Kier alpha value is -2.42. The minimum absolute atomic E-state index is 0.243. The fourth-order valence-electron chi connectivity index (χ4n) is 2.27. The molecule has 0 aliphatic heterocycles. The zero-order valence-electron chi connectivity index (χ0n) is 12.4. The molecule has 26 heavy (non-hydrogen) atoms.